The molecule has 0 unspecified atom stereocenters. The largest absolute Gasteiger partial charge is 0.421 e. The van der Waals surface area contributed by atoms with Gasteiger partial charge >= 0.3 is 5.97 Å². The lowest BCUT2D eigenvalue weighted by Gasteiger charge is -2.03. The Kier molecular flexibility index (Phi) is 4.75. The van der Waals surface area contributed by atoms with Crippen LogP contribution in [0, 0.1) is 10.1 Å². The summed E-state index contributed by atoms with van der Waals surface area (Å²) in [6.45, 7) is 0.584. The van der Waals surface area contributed by atoms with Gasteiger partial charge < -0.3 is 4.74 Å². The standard InChI is InChI=1S/C18H14N3O4/c22-18(25-16-8-4-7-15(11-16)21(23)24)17-13-20(10-9-19-17)12-14-5-2-1-3-6-14/h1-11,13H,12H2/q+1. The molecule has 0 aliphatic carbocycles. The minimum Gasteiger partial charge on any atom is -0.421 e. The third-order valence-electron chi connectivity index (χ3n) is 3.42. The average molecular weight is 336 g/mol. The van der Waals surface area contributed by atoms with Crippen LogP contribution in [0.5, 0.6) is 5.75 Å². The lowest BCUT2D eigenvalue weighted by atomic mass is 10.2. The van der Waals surface area contributed by atoms with Crippen molar-refractivity contribution in [2.45, 2.75) is 6.54 Å². The number of benzene rings is 2. The Labute approximate surface area is 143 Å². The van der Waals surface area contributed by atoms with Crippen LogP contribution in [0.4, 0.5) is 5.69 Å². The molecule has 0 saturated carbocycles. The number of hydrogen-bond donors (Lipinski definition) is 0. The van der Waals surface area contributed by atoms with E-state index in [1.807, 2.05) is 34.9 Å². The van der Waals surface area contributed by atoms with Crippen LogP contribution in [0.2, 0.25) is 0 Å². The van der Waals surface area contributed by atoms with E-state index in [9.17, 15) is 14.9 Å². The molecule has 0 radical (unpaired) electrons. The van der Waals surface area contributed by atoms with Crippen molar-refractivity contribution in [2.75, 3.05) is 0 Å². The van der Waals surface area contributed by atoms with E-state index in [-0.39, 0.29) is 17.1 Å². The summed E-state index contributed by atoms with van der Waals surface area (Å²) < 4.78 is 6.99. The van der Waals surface area contributed by atoms with Gasteiger partial charge in [-0.05, 0) is 6.07 Å². The zero-order valence-electron chi connectivity index (χ0n) is 13.1. The molecule has 0 N–H and O–H groups in total. The van der Waals surface area contributed by atoms with Crippen molar-refractivity contribution in [3.63, 3.8) is 0 Å². The highest BCUT2D eigenvalue weighted by atomic mass is 16.6. The Bertz CT molecular complexity index is 913. The fourth-order valence-corrected chi connectivity index (χ4v) is 2.25. The Hall–Kier alpha value is -3.61. The first-order valence-corrected chi connectivity index (χ1v) is 7.47. The van der Waals surface area contributed by atoms with Crippen LogP contribution < -0.4 is 9.30 Å². The molecule has 25 heavy (non-hydrogen) atoms. The summed E-state index contributed by atoms with van der Waals surface area (Å²) in [6, 6.07) is 15.2. The van der Waals surface area contributed by atoms with Gasteiger partial charge in [-0.15, -0.1) is 0 Å². The first-order valence-electron chi connectivity index (χ1n) is 7.47. The highest BCUT2D eigenvalue weighted by Crippen LogP contribution is 2.19. The van der Waals surface area contributed by atoms with Crippen molar-refractivity contribution < 1.29 is 19.0 Å². The number of nitro groups is 1. The van der Waals surface area contributed by atoms with E-state index >= 15 is 0 Å². The van der Waals surface area contributed by atoms with Crippen LogP contribution in [-0.4, -0.2) is 15.9 Å². The smallest absolute Gasteiger partial charge is 0.368 e. The summed E-state index contributed by atoms with van der Waals surface area (Å²) in [6.07, 6.45) is 4.83. The monoisotopic (exact) mass is 336 g/mol. The van der Waals surface area contributed by atoms with Gasteiger partial charge in [-0.2, -0.15) is 4.57 Å². The second-order valence-corrected chi connectivity index (χ2v) is 5.24. The van der Waals surface area contributed by atoms with Gasteiger partial charge in [0.25, 0.3) is 5.69 Å². The predicted octanol–water partition coefficient (Wildman–Crippen LogP) is 2.54. The summed E-state index contributed by atoms with van der Waals surface area (Å²) in [4.78, 5) is 26.5. The molecule has 0 fully saturated rings. The fraction of sp³-hybridized carbons (Fsp3) is 0.0556. The van der Waals surface area contributed by atoms with Crippen molar-refractivity contribution in [1.29, 1.82) is 0 Å². The molecule has 124 valence electrons. The maximum atomic E-state index is 12.2. The van der Waals surface area contributed by atoms with Gasteiger partial charge in [-0.3, -0.25) is 10.1 Å². The number of aromatic nitrogens is 2. The molecule has 2 aromatic carbocycles. The number of hydrogen-bond acceptors (Lipinski definition) is 5. The molecule has 0 atom stereocenters. The van der Waals surface area contributed by atoms with E-state index < -0.39 is 10.9 Å². The van der Waals surface area contributed by atoms with E-state index in [1.165, 1.54) is 30.5 Å². The van der Waals surface area contributed by atoms with Gasteiger partial charge in [0.05, 0.1) is 17.2 Å². The SMILES string of the molecule is O=C(Oc1cccc([N+](=O)[O-])c1)c1c[n+](Cc2ccccc2)ccn1. The van der Waals surface area contributed by atoms with Crippen molar-refractivity contribution in [1.82, 2.24) is 4.98 Å². The van der Waals surface area contributed by atoms with E-state index in [1.54, 1.807) is 12.4 Å². The maximum Gasteiger partial charge on any atom is 0.368 e. The number of rotatable bonds is 5. The molecule has 7 heteroatoms. The van der Waals surface area contributed by atoms with Crippen LogP contribution in [-0.2, 0) is 6.54 Å². The number of non-ortho nitro benzene ring substituents is 1. The summed E-state index contributed by atoms with van der Waals surface area (Å²) in [5, 5.41) is 10.8. The number of nitro benzene ring substituents is 1. The van der Waals surface area contributed by atoms with Crippen molar-refractivity contribution in [3.05, 3.63) is 94.6 Å². The second kappa shape index (κ2) is 7.31. The lowest BCUT2D eigenvalue weighted by molar-refractivity contribution is -0.689. The molecule has 3 rings (SSSR count). The van der Waals surface area contributed by atoms with E-state index in [0.717, 1.165) is 5.56 Å². The van der Waals surface area contributed by atoms with Crippen LogP contribution in [0.25, 0.3) is 0 Å². The number of nitrogens with zero attached hydrogens (tertiary/aromatic N) is 3. The quantitative estimate of drug-likeness (QED) is 0.235. The van der Waals surface area contributed by atoms with Crippen molar-refractivity contribution in [3.8, 4) is 5.75 Å². The van der Waals surface area contributed by atoms with Gasteiger partial charge in [0.1, 0.15) is 5.75 Å². The van der Waals surface area contributed by atoms with Gasteiger partial charge in [-0.25, -0.2) is 9.78 Å². The van der Waals surface area contributed by atoms with Crippen LogP contribution in [0.3, 0.4) is 0 Å². The number of carbonyl (C=O) groups excluding carboxylic acids is 1. The number of ether oxygens (including phenoxy) is 1. The third kappa shape index (κ3) is 4.23. The molecule has 7 nitrogen and oxygen atoms in total. The summed E-state index contributed by atoms with van der Waals surface area (Å²) in [5.41, 5.74) is 1.05. The first kappa shape index (κ1) is 16.3. The molecular weight excluding hydrogens is 322 g/mol. The van der Waals surface area contributed by atoms with E-state index in [4.69, 9.17) is 4.74 Å². The molecule has 0 amide bonds. The third-order valence-corrected chi connectivity index (χ3v) is 3.42. The molecular formula is C18H14N3O4+. The first-order chi connectivity index (χ1) is 12.1. The Morgan fingerprint density at radius 1 is 1.16 bits per heavy atom. The minimum atomic E-state index is -0.678. The molecule has 0 aliphatic rings. The van der Waals surface area contributed by atoms with E-state index in [0.29, 0.717) is 6.54 Å². The highest BCUT2D eigenvalue weighted by molar-refractivity contribution is 5.88. The van der Waals surface area contributed by atoms with Crippen LogP contribution in [0.15, 0.2) is 73.2 Å². The molecule has 0 spiro atoms. The predicted molar refractivity (Wildman–Crippen MR) is 88.0 cm³/mol. The van der Waals surface area contributed by atoms with Crippen LogP contribution in [0.1, 0.15) is 16.1 Å². The molecule has 3 aromatic rings. The molecule has 1 heterocycles. The lowest BCUT2D eigenvalue weighted by Crippen LogP contribution is -2.35. The Morgan fingerprint density at radius 2 is 1.96 bits per heavy atom. The molecule has 0 bridgehead atoms. The van der Waals surface area contributed by atoms with E-state index in [2.05, 4.69) is 4.98 Å². The average Bonchev–Trinajstić information content (AvgIpc) is 2.63. The zero-order chi connectivity index (χ0) is 17.6. The number of esters is 1. The van der Waals surface area contributed by atoms with Crippen LogP contribution >= 0.6 is 0 Å². The molecule has 0 saturated heterocycles. The minimum absolute atomic E-state index is 0.0967. The van der Waals surface area contributed by atoms with Crippen molar-refractivity contribution in [2.24, 2.45) is 0 Å². The summed E-state index contributed by atoms with van der Waals surface area (Å²) in [7, 11) is 0. The number of carbonyl (C=O) groups is 1. The van der Waals surface area contributed by atoms with Gasteiger partial charge in [0.2, 0.25) is 11.9 Å². The van der Waals surface area contributed by atoms with Crippen molar-refractivity contribution >= 4 is 11.7 Å². The Morgan fingerprint density at radius 3 is 2.72 bits per heavy atom. The summed E-state index contributed by atoms with van der Waals surface area (Å²) >= 11 is 0. The fourth-order valence-electron chi connectivity index (χ4n) is 2.25. The normalized spacial score (nSPS) is 10.2. The summed E-state index contributed by atoms with van der Waals surface area (Å²) in [5.74, 6) is -0.581. The molecule has 0 aliphatic heterocycles. The van der Waals surface area contributed by atoms with Gasteiger partial charge in [-0.1, -0.05) is 36.4 Å². The highest BCUT2D eigenvalue weighted by Gasteiger charge is 2.16. The van der Waals surface area contributed by atoms with Gasteiger partial charge in [0.15, 0.2) is 12.7 Å². The second-order valence-electron chi connectivity index (χ2n) is 5.24. The molecule has 1 aromatic heterocycles. The van der Waals surface area contributed by atoms with Gasteiger partial charge in [0, 0.05) is 11.6 Å². The zero-order valence-corrected chi connectivity index (χ0v) is 13.1. The topological polar surface area (TPSA) is 86.2 Å². The maximum absolute atomic E-state index is 12.2. The Balaban J connectivity index is 1.75.